The van der Waals surface area contributed by atoms with E-state index >= 15 is 0 Å². The van der Waals surface area contributed by atoms with Gasteiger partial charge in [-0.1, -0.05) is 54.6 Å². The van der Waals surface area contributed by atoms with Crippen LogP contribution in [0.25, 0.3) is 0 Å². The van der Waals surface area contributed by atoms with Gasteiger partial charge < -0.3 is 28.6 Å². The maximum Gasteiger partial charge on any atom is 0.341 e. The molecule has 0 bridgehead atoms. The van der Waals surface area contributed by atoms with Crippen LogP contribution in [0, 0.1) is 0 Å². The number of para-hydroxylation sites is 3. The molecule has 0 aromatic heterocycles. The van der Waals surface area contributed by atoms with Gasteiger partial charge in [0.05, 0.1) is 19.8 Å². The summed E-state index contributed by atoms with van der Waals surface area (Å²) in [6.07, 6.45) is 2.37. The highest BCUT2D eigenvalue weighted by molar-refractivity contribution is 7.65. The smallest absolute Gasteiger partial charge is 0.341 e. The van der Waals surface area contributed by atoms with Crippen LogP contribution in [-0.2, 0) is 0 Å². The lowest BCUT2D eigenvalue weighted by molar-refractivity contribution is 0.317. The first-order valence-corrected chi connectivity index (χ1v) is 40.5. The maximum atomic E-state index is 8.97. The van der Waals surface area contributed by atoms with Crippen LogP contribution in [0.5, 0.6) is 17.2 Å². The summed E-state index contributed by atoms with van der Waals surface area (Å²) in [5, 5.41) is 0. The largest absolute Gasteiger partial charge is 0.494 e. The van der Waals surface area contributed by atoms with E-state index in [-0.39, 0.29) is 0 Å². The molecule has 6 nitrogen and oxygen atoms in total. The number of hydrogen-bond acceptors (Lipinski definition) is 6. The average Bonchev–Trinajstić information content (AvgIpc) is 3.04. The molecule has 0 aliphatic carbocycles. The molecule has 3 aromatic rings. The molecule has 21 heteroatoms. The zero-order valence-corrected chi connectivity index (χ0v) is 41.0. The van der Waals surface area contributed by atoms with Crippen molar-refractivity contribution in [1.82, 2.24) is 0 Å². The van der Waals surface area contributed by atoms with Crippen LogP contribution in [0.15, 0.2) is 91.0 Å². The van der Waals surface area contributed by atoms with Gasteiger partial charge in [0.25, 0.3) is 0 Å². The third-order valence-corrected chi connectivity index (χ3v) is 31.6. The summed E-state index contributed by atoms with van der Waals surface area (Å²) in [6.45, 7) is 5.13. The minimum Gasteiger partial charge on any atom is -0.494 e. The van der Waals surface area contributed by atoms with Crippen molar-refractivity contribution in [1.29, 1.82) is 0 Å². The topological polar surface area (TPSA) is 88.4 Å². The van der Waals surface area contributed by atoms with Crippen LogP contribution in [0.3, 0.4) is 0 Å². The molecule has 2 unspecified atom stereocenters. The lowest BCUT2D eigenvalue weighted by atomic mass is 10.3. The maximum absolute atomic E-state index is 8.97. The molecule has 2 atom stereocenters. The molecule has 0 spiro atoms. The average molecular weight is 977 g/mol. The Hall–Kier alpha value is 0.851. The van der Waals surface area contributed by atoms with E-state index in [0.29, 0.717) is 38.0 Å². The van der Waals surface area contributed by atoms with Crippen LogP contribution in [0.1, 0.15) is 19.3 Å². The zero-order chi connectivity index (χ0) is 38.1. The summed E-state index contributed by atoms with van der Waals surface area (Å²) in [4.78, 5) is 26.6. The van der Waals surface area contributed by atoms with Gasteiger partial charge >= 0.3 is 18.0 Å². The SMILES string of the molecule is C[SiH](O)[SiH](O)[SiH](C)O.Cl[Si](Cl)(Cl)CCCOc1ccccc1.Cl[Si](Cl)(Cl)CCCOc1ccccc1.Cl[Si](Cl)(Cl)CCCOc1ccccc1. The molecule has 0 heterocycles. The van der Waals surface area contributed by atoms with Crippen molar-refractivity contribution in [3.8, 4) is 17.2 Å². The zero-order valence-electron chi connectivity index (χ0n) is 27.7. The highest BCUT2D eigenvalue weighted by Gasteiger charge is 2.25. The minimum atomic E-state index is -2.46. The number of rotatable bonds is 17. The van der Waals surface area contributed by atoms with Gasteiger partial charge in [0.1, 0.15) is 17.2 Å². The molecule has 0 aliphatic heterocycles. The molecule has 0 fully saturated rings. The predicted molar refractivity (Wildman–Crippen MR) is 234 cm³/mol. The van der Waals surface area contributed by atoms with Crippen LogP contribution < -0.4 is 14.2 Å². The molecule has 0 radical (unpaired) electrons. The minimum absolute atomic E-state index is 0.602. The van der Waals surface area contributed by atoms with Crippen LogP contribution in [0.4, 0.5) is 0 Å². The van der Waals surface area contributed by atoms with Gasteiger partial charge in [-0.3, -0.25) is 0 Å². The third-order valence-electron chi connectivity index (χ3n) is 5.84. The Labute approximate surface area is 346 Å². The van der Waals surface area contributed by atoms with Crippen molar-refractivity contribution < 1.29 is 28.6 Å². The van der Waals surface area contributed by atoms with E-state index in [0.717, 1.165) is 36.5 Å². The van der Waals surface area contributed by atoms with Gasteiger partial charge in [-0.15, -0.1) is 99.7 Å². The van der Waals surface area contributed by atoms with Gasteiger partial charge in [-0.25, -0.2) is 0 Å². The molecule has 50 heavy (non-hydrogen) atoms. The summed E-state index contributed by atoms with van der Waals surface area (Å²) >= 11 is 51.6. The Morgan fingerprint density at radius 1 is 0.440 bits per heavy atom. The van der Waals surface area contributed by atoms with E-state index in [4.69, 9.17) is 128 Å². The highest BCUT2D eigenvalue weighted by atomic mass is 35.9. The van der Waals surface area contributed by atoms with Gasteiger partial charge in [-0.2, -0.15) is 0 Å². The van der Waals surface area contributed by atoms with E-state index in [1.165, 1.54) is 0 Å². The molecule has 3 rings (SSSR count). The Morgan fingerprint density at radius 3 is 0.820 bits per heavy atom. The Morgan fingerprint density at radius 2 is 0.660 bits per heavy atom. The van der Waals surface area contributed by atoms with E-state index in [2.05, 4.69) is 0 Å². The number of hydrogen-bond donors (Lipinski definition) is 3. The number of ether oxygens (including phenoxy) is 3. The van der Waals surface area contributed by atoms with E-state index in [1.54, 1.807) is 13.1 Å². The normalized spacial score (nSPS) is 13.1. The molecule has 3 aromatic carbocycles. The molecular formula is C29H45Cl9O6Si6. The second-order valence-electron chi connectivity index (χ2n) is 10.6. The van der Waals surface area contributed by atoms with Gasteiger partial charge in [0, 0.05) is 0 Å². The number of halogens is 9. The lowest BCUT2D eigenvalue weighted by Crippen LogP contribution is -2.45. The van der Waals surface area contributed by atoms with E-state index in [9.17, 15) is 0 Å². The number of benzene rings is 3. The summed E-state index contributed by atoms with van der Waals surface area (Å²) in [6, 6.07) is 23.4. The van der Waals surface area contributed by atoms with Crippen molar-refractivity contribution in [2.45, 2.75) is 50.5 Å². The Bertz CT molecular complexity index is 1070. The first kappa shape index (κ1) is 50.9. The van der Waals surface area contributed by atoms with Crippen molar-refractivity contribution in [3.63, 3.8) is 0 Å². The van der Waals surface area contributed by atoms with Crippen LogP contribution in [0.2, 0.25) is 31.2 Å². The fourth-order valence-corrected chi connectivity index (χ4v) is 19.1. The van der Waals surface area contributed by atoms with Crippen LogP contribution >= 0.6 is 99.7 Å². The van der Waals surface area contributed by atoms with Crippen molar-refractivity contribution >= 4 is 143 Å². The summed E-state index contributed by atoms with van der Waals surface area (Å²) < 4.78 is 16.3. The summed E-state index contributed by atoms with van der Waals surface area (Å²) in [5.41, 5.74) is 0. The molecule has 0 amide bonds. The van der Waals surface area contributed by atoms with Gasteiger partial charge in [0.15, 0.2) is 17.1 Å². The Balaban J connectivity index is 0.000000653. The van der Waals surface area contributed by atoms with Gasteiger partial charge in [0.2, 0.25) is 8.08 Å². The molecular weight excluding hydrogens is 932 g/mol. The lowest BCUT2D eigenvalue weighted by Gasteiger charge is -2.09. The standard InChI is InChI=1S/3C9H11Cl3OSi.C2H12O3Si3/c3*10-14(11,12)8-4-7-13-9-5-2-1-3-6-9;1-6(3)8(5)7(2)4/h3*1-3,5-6H,4,7-8H2;3-8H,1-2H3. The van der Waals surface area contributed by atoms with Gasteiger partial charge in [-0.05, 0) is 86.9 Å². The summed E-state index contributed by atoms with van der Waals surface area (Å²) in [7, 11) is -5.59. The second-order valence-corrected chi connectivity index (χ2v) is 54.6. The molecule has 0 aliphatic rings. The van der Waals surface area contributed by atoms with Crippen molar-refractivity contribution in [2.75, 3.05) is 19.8 Å². The quantitative estimate of drug-likeness (QED) is 0.0710. The molecule has 0 saturated carbocycles. The first-order valence-electron chi connectivity index (χ1n) is 15.6. The third kappa shape index (κ3) is 34.6. The van der Waals surface area contributed by atoms with Crippen molar-refractivity contribution in [2.24, 2.45) is 0 Å². The van der Waals surface area contributed by atoms with Crippen molar-refractivity contribution in [3.05, 3.63) is 91.0 Å². The second kappa shape index (κ2) is 29.2. The van der Waals surface area contributed by atoms with E-state index in [1.807, 2.05) is 91.0 Å². The van der Waals surface area contributed by atoms with E-state index < -0.39 is 43.2 Å². The predicted octanol–water partition coefficient (Wildman–Crippen LogP) is 9.88. The molecule has 3 N–H and O–H groups in total. The fourth-order valence-electron chi connectivity index (χ4n) is 3.34. The van der Waals surface area contributed by atoms with Crippen LogP contribution in [-0.4, -0.2) is 77.4 Å². The highest BCUT2D eigenvalue weighted by Crippen LogP contribution is 2.28. The Kier molecular flexibility index (Phi) is 29.7. The molecule has 0 saturated heterocycles. The summed E-state index contributed by atoms with van der Waals surface area (Å²) in [5.74, 6) is 2.58. The fraction of sp³-hybridized carbons (Fsp3) is 0.379. The first-order chi connectivity index (χ1) is 23.3. The monoisotopic (exact) mass is 972 g/mol. The molecule has 284 valence electrons.